The summed E-state index contributed by atoms with van der Waals surface area (Å²) in [6.07, 6.45) is 2.35. The Hall–Kier alpha value is -1.19. The molecule has 0 aliphatic heterocycles. The van der Waals surface area contributed by atoms with Gasteiger partial charge in [0.2, 0.25) is 0 Å². The van der Waals surface area contributed by atoms with Crippen LogP contribution in [0.1, 0.15) is 37.9 Å². The van der Waals surface area contributed by atoms with Gasteiger partial charge in [0.1, 0.15) is 5.67 Å². The number of hydrogen-bond donors (Lipinski definition) is 1. The fourth-order valence-corrected chi connectivity index (χ4v) is 1.58. The number of halogens is 1. The number of nitrogens with one attached hydrogen (secondary N) is 1. The average molecular weight is 198 g/mol. The highest BCUT2D eigenvalue weighted by molar-refractivity contribution is 5.20. The molecule has 0 aliphatic rings. The summed E-state index contributed by atoms with van der Waals surface area (Å²) in [5.74, 6) is 0. The van der Waals surface area contributed by atoms with Gasteiger partial charge in [-0.2, -0.15) is 0 Å². The van der Waals surface area contributed by atoms with E-state index in [0.29, 0.717) is 12.0 Å². The van der Waals surface area contributed by atoms with Crippen LogP contribution in [-0.4, -0.2) is 9.97 Å². The third-order valence-corrected chi connectivity index (χ3v) is 2.30. The zero-order valence-corrected chi connectivity index (χ0v) is 8.72. The molecule has 1 unspecified atom stereocenters. The minimum Gasteiger partial charge on any atom is -0.313 e. The average Bonchev–Trinajstić information content (AvgIpc) is 2.09. The highest BCUT2D eigenvalue weighted by atomic mass is 19.1. The van der Waals surface area contributed by atoms with E-state index in [-0.39, 0.29) is 11.3 Å². The molecule has 14 heavy (non-hydrogen) atoms. The minimum atomic E-state index is -1.51. The summed E-state index contributed by atoms with van der Waals surface area (Å²) in [7, 11) is 0. The molecule has 0 bridgehead atoms. The number of H-pyrrole nitrogens is 1. The van der Waals surface area contributed by atoms with Gasteiger partial charge >= 0.3 is 0 Å². The Balaban J connectivity index is 3.18. The van der Waals surface area contributed by atoms with Crippen LogP contribution in [0.25, 0.3) is 0 Å². The zero-order chi connectivity index (χ0) is 10.8. The summed E-state index contributed by atoms with van der Waals surface area (Å²) in [5, 5.41) is 0. The molecule has 4 heteroatoms. The van der Waals surface area contributed by atoms with Crippen LogP contribution in [-0.2, 0) is 5.67 Å². The molecule has 1 atom stereocenters. The van der Waals surface area contributed by atoms with E-state index in [1.54, 1.807) is 6.92 Å². The van der Waals surface area contributed by atoms with Crippen LogP contribution in [0.4, 0.5) is 4.39 Å². The van der Waals surface area contributed by atoms with Crippen LogP contribution in [0.15, 0.2) is 11.1 Å². The van der Waals surface area contributed by atoms with Crippen molar-refractivity contribution in [2.45, 2.75) is 39.3 Å². The van der Waals surface area contributed by atoms with Crippen molar-refractivity contribution >= 4 is 0 Å². The number of aromatic nitrogens is 2. The first-order valence-corrected chi connectivity index (χ1v) is 4.72. The smallest absolute Gasteiger partial charge is 0.253 e. The fraction of sp³-hybridized carbons (Fsp3) is 0.600. The van der Waals surface area contributed by atoms with Crippen molar-refractivity contribution < 1.29 is 4.39 Å². The molecule has 0 fully saturated rings. The van der Waals surface area contributed by atoms with Crippen LogP contribution < -0.4 is 5.56 Å². The summed E-state index contributed by atoms with van der Waals surface area (Å²) >= 11 is 0. The molecule has 78 valence electrons. The van der Waals surface area contributed by atoms with Crippen molar-refractivity contribution in [2.75, 3.05) is 0 Å². The van der Waals surface area contributed by atoms with Gasteiger partial charge in [-0.25, -0.2) is 9.37 Å². The lowest BCUT2D eigenvalue weighted by molar-refractivity contribution is 0.167. The number of alkyl halides is 1. The van der Waals surface area contributed by atoms with Gasteiger partial charge < -0.3 is 4.98 Å². The van der Waals surface area contributed by atoms with Gasteiger partial charge in [0.05, 0.1) is 12.0 Å². The zero-order valence-electron chi connectivity index (χ0n) is 8.72. The van der Waals surface area contributed by atoms with E-state index in [1.807, 2.05) is 6.92 Å². The Morgan fingerprint density at radius 1 is 1.64 bits per heavy atom. The van der Waals surface area contributed by atoms with Gasteiger partial charge in [0, 0.05) is 5.56 Å². The lowest BCUT2D eigenvalue weighted by atomic mass is 9.95. The molecule has 1 N–H and O–H groups in total. The van der Waals surface area contributed by atoms with Crippen molar-refractivity contribution in [3.63, 3.8) is 0 Å². The van der Waals surface area contributed by atoms with Crippen LogP contribution in [0, 0.1) is 6.92 Å². The summed E-state index contributed by atoms with van der Waals surface area (Å²) in [5.41, 5.74) is -1.16. The Kier molecular flexibility index (Phi) is 3.03. The van der Waals surface area contributed by atoms with Gasteiger partial charge in [-0.1, -0.05) is 13.3 Å². The molecule has 0 radical (unpaired) electrons. The Morgan fingerprint density at radius 3 is 2.86 bits per heavy atom. The van der Waals surface area contributed by atoms with E-state index >= 15 is 0 Å². The molecule has 1 rings (SSSR count). The molecule has 1 heterocycles. The van der Waals surface area contributed by atoms with Crippen molar-refractivity contribution in [2.24, 2.45) is 0 Å². The monoisotopic (exact) mass is 198 g/mol. The van der Waals surface area contributed by atoms with Crippen molar-refractivity contribution in [1.82, 2.24) is 9.97 Å². The van der Waals surface area contributed by atoms with Gasteiger partial charge in [-0.3, -0.25) is 4.79 Å². The topological polar surface area (TPSA) is 45.8 Å². The minimum absolute atomic E-state index is 0.253. The number of hydrogen-bond acceptors (Lipinski definition) is 2. The summed E-state index contributed by atoms with van der Waals surface area (Å²) < 4.78 is 14.0. The molecule has 0 saturated carbocycles. The molecule has 0 saturated heterocycles. The van der Waals surface area contributed by atoms with E-state index in [1.165, 1.54) is 13.3 Å². The van der Waals surface area contributed by atoms with E-state index in [4.69, 9.17) is 0 Å². The van der Waals surface area contributed by atoms with Crippen LogP contribution in [0.3, 0.4) is 0 Å². The number of rotatable bonds is 3. The summed E-state index contributed by atoms with van der Waals surface area (Å²) in [6, 6.07) is 0. The highest BCUT2D eigenvalue weighted by Crippen LogP contribution is 2.29. The maximum Gasteiger partial charge on any atom is 0.253 e. The SMILES string of the molecule is CCCC(C)(F)c1nc[nH]c(=O)c1C. The van der Waals surface area contributed by atoms with Crippen molar-refractivity contribution in [3.05, 3.63) is 27.9 Å². The van der Waals surface area contributed by atoms with Crippen LogP contribution >= 0.6 is 0 Å². The molecule has 0 spiro atoms. The third-order valence-electron chi connectivity index (χ3n) is 2.30. The third kappa shape index (κ3) is 2.00. The largest absolute Gasteiger partial charge is 0.313 e. The first kappa shape index (κ1) is 10.9. The molecule has 3 nitrogen and oxygen atoms in total. The normalized spacial score (nSPS) is 15.1. The molecule has 1 aromatic heterocycles. The second-order valence-corrected chi connectivity index (χ2v) is 3.65. The van der Waals surface area contributed by atoms with Gasteiger partial charge in [-0.05, 0) is 20.3 Å². The Morgan fingerprint density at radius 2 is 2.29 bits per heavy atom. The first-order chi connectivity index (χ1) is 6.49. The van der Waals surface area contributed by atoms with Gasteiger partial charge in [-0.15, -0.1) is 0 Å². The van der Waals surface area contributed by atoms with Crippen molar-refractivity contribution in [1.29, 1.82) is 0 Å². The molecular formula is C10H15FN2O. The quantitative estimate of drug-likeness (QED) is 0.808. The van der Waals surface area contributed by atoms with Crippen LogP contribution in [0.5, 0.6) is 0 Å². The van der Waals surface area contributed by atoms with Gasteiger partial charge in [0.25, 0.3) is 5.56 Å². The molecular weight excluding hydrogens is 183 g/mol. The maximum atomic E-state index is 14.0. The number of aromatic amines is 1. The molecule has 0 amide bonds. The predicted molar refractivity (Wildman–Crippen MR) is 53.0 cm³/mol. The summed E-state index contributed by atoms with van der Waals surface area (Å²) in [6.45, 7) is 4.96. The Bertz CT molecular complexity index is 371. The molecule has 0 aromatic carbocycles. The number of nitrogens with zero attached hydrogens (tertiary/aromatic N) is 1. The maximum absolute atomic E-state index is 14.0. The van der Waals surface area contributed by atoms with Crippen LogP contribution in [0.2, 0.25) is 0 Å². The first-order valence-electron chi connectivity index (χ1n) is 4.72. The fourth-order valence-electron chi connectivity index (χ4n) is 1.58. The van der Waals surface area contributed by atoms with E-state index in [0.717, 1.165) is 6.42 Å². The van der Waals surface area contributed by atoms with Gasteiger partial charge in [0.15, 0.2) is 0 Å². The summed E-state index contributed by atoms with van der Waals surface area (Å²) in [4.78, 5) is 17.5. The second-order valence-electron chi connectivity index (χ2n) is 3.65. The lowest BCUT2D eigenvalue weighted by Gasteiger charge is -2.19. The second kappa shape index (κ2) is 3.90. The highest BCUT2D eigenvalue weighted by Gasteiger charge is 2.28. The predicted octanol–water partition coefficient (Wildman–Crippen LogP) is 2.06. The van der Waals surface area contributed by atoms with E-state index < -0.39 is 5.67 Å². The Labute approximate surface area is 82.4 Å². The molecule has 0 aliphatic carbocycles. The standard InChI is InChI=1S/C10H15FN2O/c1-4-5-10(3,11)8-7(2)9(14)13-6-12-8/h6H,4-5H2,1-3H3,(H,12,13,14). The molecule has 1 aromatic rings. The lowest BCUT2D eigenvalue weighted by Crippen LogP contribution is -2.24. The van der Waals surface area contributed by atoms with Crippen molar-refractivity contribution in [3.8, 4) is 0 Å². The van der Waals surface area contributed by atoms with E-state index in [2.05, 4.69) is 9.97 Å². The van der Waals surface area contributed by atoms with E-state index in [9.17, 15) is 9.18 Å².